The molecule has 106 valence electrons. The first kappa shape index (κ1) is 14.5. The minimum Gasteiger partial charge on any atom is -0.329 e. The number of benzene rings is 1. The van der Waals surface area contributed by atoms with Crippen molar-refractivity contribution < 1.29 is 0 Å². The lowest BCUT2D eigenvalue weighted by molar-refractivity contribution is 0.293. The summed E-state index contributed by atoms with van der Waals surface area (Å²) in [4.78, 5) is 0. The smallest absolute Gasteiger partial charge is 0.0318 e. The highest BCUT2D eigenvalue weighted by Crippen LogP contribution is 2.37. The second-order valence-electron chi connectivity index (χ2n) is 7.18. The van der Waals surface area contributed by atoms with Gasteiger partial charge in [-0.2, -0.15) is 0 Å². The van der Waals surface area contributed by atoms with Gasteiger partial charge < -0.3 is 11.1 Å². The van der Waals surface area contributed by atoms with E-state index in [9.17, 15) is 0 Å². The highest BCUT2D eigenvalue weighted by molar-refractivity contribution is 5.18. The van der Waals surface area contributed by atoms with Crippen LogP contribution in [0.15, 0.2) is 30.3 Å². The van der Waals surface area contributed by atoms with Crippen LogP contribution in [0.2, 0.25) is 0 Å². The maximum atomic E-state index is 6.04. The maximum Gasteiger partial charge on any atom is 0.0318 e. The summed E-state index contributed by atoms with van der Waals surface area (Å²) in [6.45, 7) is 7.67. The Balaban J connectivity index is 1.98. The summed E-state index contributed by atoms with van der Waals surface area (Å²) in [5.74, 6) is 0. The van der Waals surface area contributed by atoms with Crippen molar-refractivity contribution in [1.82, 2.24) is 5.32 Å². The molecule has 2 heteroatoms. The first-order valence-corrected chi connectivity index (χ1v) is 7.44. The lowest BCUT2D eigenvalue weighted by atomic mass is 9.89. The van der Waals surface area contributed by atoms with Gasteiger partial charge in [-0.15, -0.1) is 0 Å². The lowest BCUT2D eigenvalue weighted by Gasteiger charge is -2.33. The Bertz CT molecular complexity index is 399. The second kappa shape index (κ2) is 5.64. The molecule has 0 spiro atoms. The van der Waals surface area contributed by atoms with Gasteiger partial charge in [0.2, 0.25) is 0 Å². The van der Waals surface area contributed by atoms with E-state index in [0.717, 1.165) is 6.42 Å². The van der Waals surface area contributed by atoms with E-state index in [4.69, 9.17) is 5.73 Å². The van der Waals surface area contributed by atoms with Crippen LogP contribution in [-0.2, 0) is 6.42 Å². The van der Waals surface area contributed by atoms with E-state index in [1.807, 2.05) is 0 Å². The fourth-order valence-corrected chi connectivity index (χ4v) is 3.28. The van der Waals surface area contributed by atoms with Crippen LogP contribution in [-0.4, -0.2) is 18.1 Å². The zero-order valence-corrected chi connectivity index (χ0v) is 12.6. The largest absolute Gasteiger partial charge is 0.329 e. The van der Waals surface area contributed by atoms with Crippen molar-refractivity contribution >= 4 is 0 Å². The van der Waals surface area contributed by atoms with Crippen LogP contribution in [0.25, 0.3) is 0 Å². The Kier molecular flexibility index (Phi) is 4.32. The second-order valence-corrected chi connectivity index (χ2v) is 7.18. The van der Waals surface area contributed by atoms with Crippen LogP contribution in [0.5, 0.6) is 0 Å². The minimum atomic E-state index is 0.00639. The fourth-order valence-electron chi connectivity index (χ4n) is 3.28. The van der Waals surface area contributed by atoms with Gasteiger partial charge in [0.25, 0.3) is 0 Å². The molecule has 0 radical (unpaired) electrons. The third kappa shape index (κ3) is 4.05. The van der Waals surface area contributed by atoms with Gasteiger partial charge in [0.1, 0.15) is 0 Å². The van der Waals surface area contributed by atoms with Crippen molar-refractivity contribution in [2.45, 2.75) is 58.0 Å². The summed E-state index contributed by atoms with van der Waals surface area (Å²) in [6, 6.07) is 11.3. The van der Waals surface area contributed by atoms with Crippen molar-refractivity contribution in [1.29, 1.82) is 0 Å². The van der Waals surface area contributed by atoms with Crippen molar-refractivity contribution in [3.8, 4) is 0 Å². The van der Waals surface area contributed by atoms with Gasteiger partial charge in [-0.1, -0.05) is 44.2 Å². The minimum absolute atomic E-state index is 0.00639. The molecule has 2 rings (SSSR count). The van der Waals surface area contributed by atoms with Crippen molar-refractivity contribution in [3.63, 3.8) is 0 Å². The zero-order valence-electron chi connectivity index (χ0n) is 12.6. The fraction of sp³-hybridized carbons (Fsp3) is 0.647. The molecule has 2 atom stereocenters. The number of rotatable bonds is 5. The average Bonchev–Trinajstić information content (AvgIpc) is 2.69. The van der Waals surface area contributed by atoms with Gasteiger partial charge in [-0.25, -0.2) is 0 Å². The molecular weight excluding hydrogens is 232 g/mol. The van der Waals surface area contributed by atoms with Crippen LogP contribution >= 0.6 is 0 Å². The normalized spacial score (nSPS) is 25.2. The molecule has 0 amide bonds. The van der Waals surface area contributed by atoms with Gasteiger partial charge in [-0.05, 0) is 43.6 Å². The molecule has 0 aliphatic heterocycles. The van der Waals surface area contributed by atoms with Gasteiger partial charge in [0, 0.05) is 18.1 Å². The molecule has 1 aliphatic rings. The molecule has 0 bridgehead atoms. The lowest BCUT2D eigenvalue weighted by Crippen LogP contribution is -2.54. The Morgan fingerprint density at radius 1 is 1.32 bits per heavy atom. The first-order chi connectivity index (χ1) is 8.92. The van der Waals surface area contributed by atoms with Gasteiger partial charge in [0.15, 0.2) is 0 Å². The van der Waals surface area contributed by atoms with Crippen LogP contribution in [0.3, 0.4) is 0 Å². The quantitative estimate of drug-likeness (QED) is 0.853. The summed E-state index contributed by atoms with van der Waals surface area (Å²) in [6.07, 6.45) is 4.85. The number of nitrogens with one attached hydrogen (secondary N) is 1. The summed E-state index contributed by atoms with van der Waals surface area (Å²) in [7, 11) is 0. The van der Waals surface area contributed by atoms with E-state index in [2.05, 4.69) is 56.4 Å². The molecule has 1 fully saturated rings. The molecule has 1 aromatic carbocycles. The molecule has 2 nitrogen and oxygen atoms in total. The number of hydrogen-bond donors (Lipinski definition) is 2. The highest BCUT2D eigenvalue weighted by atomic mass is 15.0. The molecule has 1 aromatic rings. The monoisotopic (exact) mass is 260 g/mol. The van der Waals surface area contributed by atoms with E-state index in [-0.39, 0.29) is 5.54 Å². The van der Waals surface area contributed by atoms with Crippen LogP contribution in [0.1, 0.15) is 45.6 Å². The van der Waals surface area contributed by atoms with Crippen molar-refractivity contribution in [2.24, 2.45) is 11.1 Å². The zero-order chi connectivity index (χ0) is 13.9. The average molecular weight is 260 g/mol. The van der Waals surface area contributed by atoms with E-state index in [0.29, 0.717) is 18.0 Å². The molecule has 19 heavy (non-hydrogen) atoms. The van der Waals surface area contributed by atoms with E-state index in [1.54, 1.807) is 0 Å². The number of nitrogens with two attached hydrogens (primary N) is 1. The molecule has 0 heterocycles. The van der Waals surface area contributed by atoms with Gasteiger partial charge in [0.05, 0.1) is 0 Å². The summed E-state index contributed by atoms with van der Waals surface area (Å²) >= 11 is 0. The maximum absolute atomic E-state index is 6.04. The van der Waals surface area contributed by atoms with Crippen molar-refractivity contribution in [3.05, 3.63) is 35.9 Å². The first-order valence-electron chi connectivity index (χ1n) is 7.44. The van der Waals surface area contributed by atoms with E-state index in [1.165, 1.54) is 24.8 Å². The summed E-state index contributed by atoms with van der Waals surface area (Å²) in [5, 5.41) is 3.82. The van der Waals surface area contributed by atoms with Gasteiger partial charge in [-0.3, -0.25) is 0 Å². The summed E-state index contributed by atoms with van der Waals surface area (Å²) in [5.41, 5.74) is 7.89. The molecule has 3 N–H and O–H groups in total. The predicted octanol–water partition coefficient (Wildman–Crippen LogP) is 3.11. The SMILES string of the molecule is CC1(C)CCC(NC(C)(CN)Cc2ccccc2)C1. The molecule has 1 aliphatic carbocycles. The van der Waals surface area contributed by atoms with E-state index < -0.39 is 0 Å². The standard InChI is InChI=1S/C17H28N2/c1-16(2)10-9-15(12-16)19-17(3,13-18)11-14-7-5-4-6-8-14/h4-8,15,19H,9-13,18H2,1-3H3. The third-order valence-corrected chi connectivity index (χ3v) is 4.41. The van der Waals surface area contributed by atoms with Gasteiger partial charge >= 0.3 is 0 Å². The summed E-state index contributed by atoms with van der Waals surface area (Å²) < 4.78 is 0. The Labute approximate surface area is 117 Å². The van der Waals surface area contributed by atoms with E-state index >= 15 is 0 Å². The Hall–Kier alpha value is -0.860. The van der Waals surface area contributed by atoms with Crippen molar-refractivity contribution in [2.75, 3.05) is 6.54 Å². The van der Waals surface area contributed by atoms with Crippen LogP contribution in [0, 0.1) is 5.41 Å². The third-order valence-electron chi connectivity index (χ3n) is 4.41. The predicted molar refractivity (Wildman–Crippen MR) is 82.2 cm³/mol. The van der Waals surface area contributed by atoms with Crippen LogP contribution < -0.4 is 11.1 Å². The highest BCUT2D eigenvalue weighted by Gasteiger charge is 2.34. The number of hydrogen-bond acceptors (Lipinski definition) is 2. The topological polar surface area (TPSA) is 38.0 Å². The Morgan fingerprint density at radius 2 is 2.00 bits per heavy atom. The molecule has 1 saturated carbocycles. The molecule has 2 unspecified atom stereocenters. The van der Waals surface area contributed by atoms with Crippen LogP contribution in [0.4, 0.5) is 0 Å². The molecule has 0 saturated heterocycles. The Morgan fingerprint density at radius 3 is 2.53 bits per heavy atom. The molecular formula is C17H28N2. The molecule has 0 aromatic heterocycles.